The predicted octanol–water partition coefficient (Wildman–Crippen LogP) is 1.23. The molecule has 0 saturated heterocycles. The number of fused-ring (bicyclic) bond motifs is 1. The molecule has 0 aliphatic rings. The molecule has 0 bridgehead atoms. The molecule has 7 nitrogen and oxygen atoms in total. The van der Waals surface area contributed by atoms with E-state index in [1.165, 1.54) is 17.7 Å². The Balaban J connectivity index is 2.01. The van der Waals surface area contributed by atoms with Gasteiger partial charge in [0.25, 0.3) is 5.56 Å². The largest absolute Gasteiger partial charge is 0.392 e. The summed E-state index contributed by atoms with van der Waals surface area (Å²) in [5.74, 6) is 0. The van der Waals surface area contributed by atoms with E-state index in [-0.39, 0.29) is 5.56 Å². The highest BCUT2D eigenvalue weighted by Crippen LogP contribution is 2.26. The van der Waals surface area contributed by atoms with E-state index < -0.39 is 6.10 Å². The standard InChI is InChI=1S/C13H13N5O2S/c1-7(19)4-15-13-18-9(5-21-13)11-10-8(2-3-14-11)12(20)17-6-16-10/h2-3,5-7,19H,4H2,1H3,(H,15,18)(H,16,17,20). The van der Waals surface area contributed by atoms with Crippen molar-refractivity contribution >= 4 is 27.4 Å². The lowest BCUT2D eigenvalue weighted by Gasteiger charge is -2.04. The van der Waals surface area contributed by atoms with Gasteiger partial charge in [0.1, 0.15) is 16.9 Å². The first-order valence-corrected chi connectivity index (χ1v) is 7.23. The number of aliphatic hydroxyl groups excluding tert-OH is 1. The minimum Gasteiger partial charge on any atom is -0.392 e. The fourth-order valence-corrected chi connectivity index (χ4v) is 2.59. The van der Waals surface area contributed by atoms with Crippen LogP contribution in [0.25, 0.3) is 22.3 Å². The lowest BCUT2D eigenvalue weighted by atomic mass is 10.2. The molecule has 8 heteroatoms. The maximum Gasteiger partial charge on any atom is 0.258 e. The fraction of sp³-hybridized carbons (Fsp3) is 0.231. The molecule has 0 aromatic carbocycles. The minimum absolute atomic E-state index is 0.202. The van der Waals surface area contributed by atoms with Crippen LogP contribution in [0, 0.1) is 0 Å². The second-order valence-corrected chi connectivity index (χ2v) is 5.41. The second-order valence-electron chi connectivity index (χ2n) is 4.56. The molecule has 3 rings (SSSR count). The topological polar surface area (TPSA) is 104 Å². The van der Waals surface area contributed by atoms with Crippen molar-refractivity contribution in [3.8, 4) is 11.4 Å². The molecule has 0 aliphatic carbocycles. The van der Waals surface area contributed by atoms with Crippen LogP contribution in [0.1, 0.15) is 6.92 Å². The molecule has 0 aliphatic heterocycles. The number of pyridine rings is 1. The zero-order valence-electron chi connectivity index (χ0n) is 11.2. The average Bonchev–Trinajstić information content (AvgIpc) is 2.94. The summed E-state index contributed by atoms with van der Waals surface area (Å²) in [7, 11) is 0. The van der Waals surface area contributed by atoms with Crippen molar-refractivity contribution in [1.29, 1.82) is 0 Å². The summed E-state index contributed by atoms with van der Waals surface area (Å²) < 4.78 is 0. The van der Waals surface area contributed by atoms with Crippen molar-refractivity contribution in [2.75, 3.05) is 11.9 Å². The van der Waals surface area contributed by atoms with E-state index in [1.54, 1.807) is 19.2 Å². The molecule has 3 N–H and O–H groups in total. The van der Waals surface area contributed by atoms with Crippen LogP contribution in [0.2, 0.25) is 0 Å². The number of rotatable bonds is 4. The molecule has 0 fully saturated rings. The summed E-state index contributed by atoms with van der Waals surface area (Å²) in [6.07, 6.45) is 2.47. The first kappa shape index (κ1) is 13.7. The molecule has 3 aromatic rings. The Bertz CT molecular complexity index is 827. The van der Waals surface area contributed by atoms with E-state index in [0.29, 0.717) is 34.0 Å². The molecule has 3 aromatic heterocycles. The summed E-state index contributed by atoms with van der Waals surface area (Å²) in [5, 5.41) is 15.3. The molecule has 0 amide bonds. The van der Waals surface area contributed by atoms with Crippen molar-refractivity contribution in [3.05, 3.63) is 34.3 Å². The Labute approximate surface area is 123 Å². The number of anilines is 1. The van der Waals surface area contributed by atoms with Crippen LogP contribution in [0.15, 0.2) is 28.8 Å². The maximum atomic E-state index is 11.8. The van der Waals surface area contributed by atoms with Crippen LogP contribution in [0.5, 0.6) is 0 Å². The number of aromatic amines is 1. The fourth-order valence-electron chi connectivity index (χ4n) is 1.89. The van der Waals surface area contributed by atoms with Crippen LogP contribution in [0.3, 0.4) is 0 Å². The van der Waals surface area contributed by atoms with Crippen molar-refractivity contribution in [3.63, 3.8) is 0 Å². The third-order valence-corrected chi connectivity index (χ3v) is 3.65. The third kappa shape index (κ3) is 2.76. The zero-order chi connectivity index (χ0) is 14.8. The van der Waals surface area contributed by atoms with Gasteiger partial charge in [-0.25, -0.2) is 9.97 Å². The molecule has 3 heterocycles. The highest BCUT2D eigenvalue weighted by molar-refractivity contribution is 7.14. The van der Waals surface area contributed by atoms with Crippen LogP contribution >= 0.6 is 11.3 Å². The number of aromatic nitrogens is 4. The van der Waals surface area contributed by atoms with Gasteiger partial charge in [-0.05, 0) is 13.0 Å². The first-order valence-electron chi connectivity index (χ1n) is 6.35. The molecular weight excluding hydrogens is 290 g/mol. The van der Waals surface area contributed by atoms with E-state index in [9.17, 15) is 9.90 Å². The Kier molecular flexibility index (Phi) is 3.63. The van der Waals surface area contributed by atoms with Crippen LogP contribution in [0.4, 0.5) is 5.13 Å². The first-order chi connectivity index (χ1) is 10.1. The molecule has 1 unspecified atom stereocenters. The second kappa shape index (κ2) is 5.58. The van der Waals surface area contributed by atoms with Crippen molar-refractivity contribution in [1.82, 2.24) is 19.9 Å². The lowest BCUT2D eigenvalue weighted by molar-refractivity contribution is 0.208. The summed E-state index contributed by atoms with van der Waals surface area (Å²) in [6, 6.07) is 1.63. The summed E-state index contributed by atoms with van der Waals surface area (Å²) in [4.78, 5) is 27.2. The smallest absolute Gasteiger partial charge is 0.258 e. The minimum atomic E-state index is -0.451. The molecule has 1 atom stereocenters. The van der Waals surface area contributed by atoms with Gasteiger partial charge in [-0.1, -0.05) is 0 Å². The Hall–Kier alpha value is -2.32. The van der Waals surface area contributed by atoms with E-state index in [0.717, 1.165) is 0 Å². The van der Waals surface area contributed by atoms with Crippen molar-refractivity contribution in [2.45, 2.75) is 13.0 Å². The normalized spacial score (nSPS) is 12.5. The number of hydrogen-bond acceptors (Lipinski definition) is 7. The van der Waals surface area contributed by atoms with Crippen molar-refractivity contribution < 1.29 is 5.11 Å². The Morgan fingerprint density at radius 3 is 3.14 bits per heavy atom. The van der Waals surface area contributed by atoms with E-state index in [1.807, 2.05) is 5.38 Å². The van der Waals surface area contributed by atoms with Gasteiger partial charge >= 0.3 is 0 Å². The highest BCUT2D eigenvalue weighted by atomic mass is 32.1. The van der Waals surface area contributed by atoms with E-state index in [2.05, 4.69) is 25.3 Å². The molecule has 108 valence electrons. The average molecular weight is 303 g/mol. The molecule has 21 heavy (non-hydrogen) atoms. The lowest BCUT2D eigenvalue weighted by Crippen LogP contribution is -2.15. The number of H-pyrrole nitrogens is 1. The van der Waals surface area contributed by atoms with Gasteiger partial charge in [0.05, 0.1) is 17.8 Å². The predicted molar refractivity (Wildman–Crippen MR) is 81.4 cm³/mol. The Morgan fingerprint density at radius 2 is 2.33 bits per heavy atom. The van der Waals surface area contributed by atoms with Crippen molar-refractivity contribution in [2.24, 2.45) is 0 Å². The molecule has 0 radical (unpaired) electrons. The van der Waals surface area contributed by atoms with Gasteiger partial charge in [-0.15, -0.1) is 11.3 Å². The molecular formula is C13H13N5O2S. The number of nitrogens with zero attached hydrogens (tertiary/aromatic N) is 3. The number of thiazole rings is 1. The number of hydrogen-bond donors (Lipinski definition) is 3. The molecule has 0 spiro atoms. The summed E-state index contributed by atoms with van der Waals surface area (Å²) in [5.41, 5.74) is 1.54. The van der Waals surface area contributed by atoms with Crippen LogP contribution in [-0.2, 0) is 0 Å². The van der Waals surface area contributed by atoms with Gasteiger partial charge in [0.2, 0.25) is 0 Å². The van der Waals surface area contributed by atoms with E-state index in [4.69, 9.17) is 0 Å². The summed E-state index contributed by atoms with van der Waals surface area (Å²) >= 11 is 1.41. The number of nitrogens with one attached hydrogen (secondary N) is 2. The summed E-state index contributed by atoms with van der Waals surface area (Å²) in [6.45, 7) is 2.12. The van der Waals surface area contributed by atoms with Crippen LogP contribution < -0.4 is 10.9 Å². The van der Waals surface area contributed by atoms with Gasteiger partial charge in [-0.2, -0.15) is 0 Å². The van der Waals surface area contributed by atoms with Gasteiger partial charge in [0.15, 0.2) is 5.13 Å². The third-order valence-electron chi connectivity index (χ3n) is 2.85. The SMILES string of the molecule is CC(O)CNc1nc(-c2nccc3c(=O)[nH]cnc23)cs1. The Morgan fingerprint density at radius 1 is 1.48 bits per heavy atom. The molecule has 0 saturated carbocycles. The quantitative estimate of drug-likeness (QED) is 0.670. The van der Waals surface area contributed by atoms with E-state index >= 15 is 0 Å². The maximum absolute atomic E-state index is 11.8. The van der Waals surface area contributed by atoms with Gasteiger partial charge in [0, 0.05) is 18.1 Å². The van der Waals surface area contributed by atoms with Gasteiger partial charge in [-0.3, -0.25) is 9.78 Å². The number of aliphatic hydroxyl groups is 1. The zero-order valence-corrected chi connectivity index (χ0v) is 12.0. The monoisotopic (exact) mass is 303 g/mol. The highest BCUT2D eigenvalue weighted by Gasteiger charge is 2.12. The van der Waals surface area contributed by atoms with Crippen LogP contribution in [-0.4, -0.2) is 37.7 Å². The van der Waals surface area contributed by atoms with Gasteiger partial charge < -0.3 is 15.4 Å².